The third-order valence-electron chi connectivity index (χ3n) is 5.19. The molecule has 0 radical (unpaired) electrons. The van der Waals surface area contributed by atoms with Crippen molar-refractivity contribution in [1.82, 2.24) is 0 Å². The number of hydrogen-bond acceptors (Lipinski definition) is 3. The summed E-state index contributed by atoms with van der Waals surface area (Å²) in [4.78, 5) is 23.5. The fraction of sp³-hybridized carbons (Fsp3) is 0.733. The maximum absolute atomic E-state index is 11.8. The fourth-order valence-electron chi connectivity index (χ4n) is 4.80. The smallest absolute Gasteiger partial charge is 0.330 e. The molecule has 0 aromatic carbocycles. The van der Waals surface area contributed by atoms with Crippen LogP contribution in [0.4, 0.5) is 0 Å². The monoisotopic (exact) mass is 264 g/mol. The zero-order valence-corrected chi connectivity index (χ0v) is 11.2. The first-order valence-electron chi connectivity index (χ1n) is 7.12. The molecular formula is C15H20O4. The Bertz CT molecular complexity index is 425. The molecule has 4 bridgehead atoms. The number of carboxylic acids is 1. The van der Waals surface area contributed by atoms with Crippen LogP contribution in [-0.2, 0) is 14.3 Å². The van der Waals surface area contributed by atoms with Gasteiger partial charge < -0.3 is 9.84 Å². The lowest BCUT2D eigenvalue weighted by atomic mass is 9.48. The molecular weight excluding hydrogens is 244 g/mol. The van der Waals surface area contributed by atoms with Crippen molar-refractivity contribution in [3.05, 3.63) is 12.2 Å². The Morgan fingerprint density at radius 2 is 1.84 bits per heavy atom. The van der Waals surface area contributed by atoms with E-state index in [1.807, 2.05) is 0 Å². The van der Waals surface area contributed by atoms with Crippen LogP contribution in [0.25, 0.3) is 0 Å². The molecule has 0 heterocycles. The first-order chi connectivity index (χ1) is 9.05. The molecule has 0 aromatic rings. The second-order valence-electron chi connectivity index (χ2n) is 6.43. The fourth-order valence-corrected chi connectivity index (χ4v) is 4.80. The molecule has 4 aliphatic carbocycles. The van der Waals surface area contributed by atoms with Crippen LogP contribution in [0.3, 0.4) is 0 Å². The Labute approximate surface area is 112 Å². The molecule has 0 aromatic heterocycles. The number of hydrogen-bond donors (Lipinski definition) is 1. The number of aliphatic carboxylic acids is 1. The second kappa shape index (κ2) is 4.36. The van der Waals surface area contributed by atoms with Gasteiger partial charge in [-0.15, -0.1) is 0 Å². The second-order valence-corrected chi connectivity index (χ2v) is 6.43. The van der Waals surface area contributed by atoms with Crippen molar-refractivity contribution < 1.29 is 19.4 Å². The summed E-state index contributed by atoms with van der Waals surface area (Å²) in [5, 5.41) is 9.68. The molecule has 1 N–H and O–H groups in total. The molecule has 104 valence electrons. The summed E-state index contributed by atoms with van der Waals surface area (Å²) in [6.45, 7) is 1.76. The van der Waals surface area contributed by atoms with Gasteiger partial charge in [-0.1, -0.05) is 6.08 Å². The first kappa shape index (κ1) is 12.7. The predicted molar refractivity (Wildman–Crippen MR) is 68.3 cm³/mol. The van der Waals surface area contributed by atoms with Gasteiger partial charge in [0.25, 0.3) is 0 Å². The molecule has 4 rings (SSSR count). The predicted octanol–water partition coefficient (Wildman–Crippen LogP) is 2.39. The maximum Gasteiger partial charge on any atom is 0.330 e. The van der Waals surface area contributed by atoms with E-state index in [0.29, 0.717) is 24.7 Å². The summed E-state index contributed by atoms with van der Waals surface area (Å²) in [7, 11) is 0. The third kappa shape index (κ3) is 1.88. The minimum absolute atomic E-state index is 0.247. The molecule has 0 aliphatic heterocycles. The van der Waals surface area contributed by atoms with Gasteiger partial charge in [0.15, 0.2) is 0 Å². The van der Waals surface area contributed by atoms with Crippen molar-refractivity contribution in [3.63, 3.8) is 0 Å². The SMILES string of the molecule is CC=CC(=O)OC1C2CC3CC(C2)CC1(C(=O)O)C3. The van der Waals surface area contributed by atoms with Crippen LogP contribution < -0.4 is 0 Å². The molecule has 19 heavy (non-hydrogen) atoms. The number of rotatable bonds is 3. The van der Waals surface area contributed by atoms with Crippen LogP contribution >= 0.6 is 0 Å². The number of carbonyl (C=O) groups is 2. The number of allylic oxidation sites excluding steroid dienone is 1. The van der Waals surface area contributed by atoms with Crippen LogP contribution in [0.5, 0.6) is 0 Å². The molecule has 3 atom stereocenters. The summed E-state index contributed by atoms with van der Waals surface area (Å²) < 4.78 is 5.53. The van der Waals surface area contributed by atoms with Gasteiger partial charge in [0.2, 0.25) is 0 Å². The Hall–Kier alpha value is -1.32. The minimum atomic E-state index is -0.814. The Morgan fingerprint density at radius 3 is 2.37 bits per heavy atom. The van der Waals surface area contributed by atoms with Crippen molar-refractivity contribution in [2.24, 2.45) is 23.2 Å². The van der Waals surface area contributed by atoms with Crippen molar-refractivity contribution in [1.29, 1.82) is 0 Å². The largest absolute Gasteiger partial charge is 0.481 e. The maximum atomic E-state index is 11.8. The Morgan fingerprint density at radius 1 is 1.21 bits per heavy atom. The molecule has 0 saturated heterocycles. The topological polar surface area (TPSA) is 63.6 Å². The van der Waals surface area contributed by atoms with Gasteiger partial charge in [0, 0.05) is 6.08 Å². The van der Waals surface area contributed by atoms with E-state index in [1.165, 1.54) is 12.5 Å². The van der Waals surface area contributed by atoms with E-state index in [0.717, 1.165) is 12.8 Å². The molecule has 4 fully saturated rings. The summed E-state index contributed by atoms with van der Waals surface area (Å²) in [5.41, 5.74) is -0.814. The van der Waals surface area contributed by atoms with Crippen molar-refractivity contribution in [2.45, 2.75) is 45.1 Å². The molecule has 4 aliphatic rings. The highest BCUT2D eigenvalue weighted by molar-refractivity contribution is 5.83. The van der Waals surface area contributed by atoms with Crippen LogP contribution in [0.2, 0.25) is 0 Å². The van der Waals surface area contributed by atoms with E-state index < -0.39 is 23.5 Å². The van der Waals surface area contributed by atoms with Gasteiger partial charge in [0.05, 0.1) is 0 Å². The van der Waals surface area contributed by atoms with E-state index in [2.05, 4.69) is 0 Å². The van der Waals surface area contributed by atoms with E-state index >= 15 is 0 Å². The highest BCUT2D eigenvalue weighted by Crippen LogP contribution is 2.61. The van der Waals surface area contributed by atoms with E-state index in [4.69, 9.17) is 4.74 Å². The summed E-state index contributed by atoms with van der Waals surface area (Å²) in [6, 6.07) is 0. The Balaban J connectivity index is 1.88. The van der Waals surface area contributed by atoms with Gasteiger partial charge in [-0.25, -0.2) is 4.79 Å². The summed E-state index contributed by atoms with van der Waals surface area (Å²) >= 11 is 0. The number of esters is 1. The van der Waals surface area contributed by atoms with Gasteiger partial charge in [-0.3, -0.25) is 4.79 Å². The lowest BCUT2D eigenvalue weighted by molar-refractivity contribution is -0.203. The average molecular weight is 264 g/mol. The van der Waals surface area contributed by atoms with Gasteiger partial charge in [0.1, 0.15) is 11.5 Å². The van der Waals surface area contributed by atoms with Crippen LogP contribution in [0, 0.1) is 23.2 Å². The van der Waals surface area contributed by atoms with Gasteiger partial charge in [-0.2, -0.15) is 0 Å². The number of ether oxygens (including phenoxy) is 1. The highest BCUT2D eigenvalue weighted by atomic mass is 16.5. The zero-order valence-electron chi connectivity index (χ0n) is 11.2. The highest BCUT2D eigenvalue weighted by Gasteiger charge is 2.62. The van der Waals surface area contributed by atoms with Crippen molar-refractivity contribution in [2.75, 3.05) is 0 Å². The van der Waals surface area contributed by atoms with Gasteiger partial charge in [-0.05, 0) is 56.8 Å². The lowest BCUT2D eigenvalue weighted by Gasteiger charge is -2.58. The molecule has 0 spiro atoms. The van der Waals surface area contributed by atoms with E-state index in [1.54, 1.807) is 13.0 Å². The van der Waals surface area contributed by atoms with E-state index in [-0.39, 0.29) is 5.92 Å². The third-order valence-corrected chi connectivity index (χ3v) is 5.19. The molecule has 0 amide bonds. The summed E-state index contributed by atoms with van der Waals surface area (Å²) in [6.07, 6.45) is 7.17. The first-order valence-corrected chi connectivity index (χ1v) is 7.12. The quantitative estimate of drug-likeness (QED) is 0.628. The van der Waals surface area contributed by atoms with E-state index in [9.17, 15) is 14.7 Å². The standard InChI is InChI=1S/C15H20O4/c1-2-3-12(16)19-13-11-5-9-4-10(6-11)8-15(13,7-9)14(17)18/h2-3,9-11,13H,4-8H2,1H3,(H,17,18). The van der Waals surface area contributed by atoms with Crippen molar-refractivity contribution >= 4 is 11.9 Å². The normalized spacial score (nSPS) is 43.6. The Kier molecular flexibility index (Phi) is 2.91. The lowest BCUT2D eigenvalue weighted by Crippen LogP contribution is -2.60. The molecule has 4 saturated carbocycles. The van der Waals surface area contributed by atoms with Crippen LogP contribution in [0.15, 0.2) is 12.2 Å². The van der Waals surface area contributed by atoms with Crippen molar-refractivity contribution in [3.8, 4) is 0 Å². The minimum Gasteiger partial charge on any atom is -0.481 e. The molecule has 4 nitrogen and oxygen atoms in total. The number of carboxylic acid groups (broad SMARTS) is 1. The zero-order chi connectivity index (χ0) is 13.6. The average Bonchev–Trinajstić information content (AvgIpc) is 2.33. The van der Waals surface area contributed by atoms with Gasteiger partial charge >= 0.3 is 11.9 Å². The number of carbonyl (C=O) groups excluding carboxylic acids is 1. The molecule has 3 unspecified atom stereocenters. The van der Waals surface area contributed by atoms with Crippen LogP contribution in [0.1, 0.15) is 39.0 Å². The van der Waals surface area contributed by atoms with Crippen LogP contribution in [-0.4, -0.2) is 23.1 Å². The molecule has 4 heteroatoms. The summed E-state index contributed by atoms with van der Waals surface area (Å²) in [5.74, 6) is 0.109.